The molecule has 0 spiro atoms. The number of hydrogen-bond acceptors (Lipinski definition) is 3. The van der Waals surface area contributed by atoms with Gasteiger partial charge in [0.15, 0.2) is 0 Å². The second-order valence-corrected chi connectivity index (χ2v) is 11.6. The van der Waals surface area contributed by atoms with Gasteiger partial charge in [0.25, 0.3) is 0 Å². The third-order valence-electron chi connectivity index (χ3n) is 8.43. The molecule has 2 saturated heterocycles. The molecule has 0 saturated carbocycles. The molecule has 0 aromatic heterocycles. The summed E-state index contributed by atoms with van der Waals surface area (Å²) in [5.41, 5.74) is 3.55. The minimum atomic E-state index is 0. The third-order valence-corrected chi connectivity index (χ3v) is 9.17. The fourth-order valence-corrected chi connectivity index (χ4v) is 6.52. The van der Waals surface area contributed by atoms with E-state index in [2.05, 4.69) is 53.1 Å². The highest BCUT2D eigenvalue weighted by molar-refractivity contribution is 6.42. The van der Waals surface area contributed by atoms with E-state index < -0.39 is 0 Å². The maximum Gasteiger partial charge on any atom is 0.227 e. The first kappa shape index (κ1) is 29.7. The zero-order valence-electron chi connectivity index (χ0n) is 22.6. The van der Waals surface area contributed by atoms with Crippen LogP contribution in [0.1, 0.15) is 42.4 Å². The van der Waals surface area contributed by atoms with Crippen LogP contribution < -0.4 is 4.74 Å². The molecule has 3 atom stereocenters. The van der Waals surface area contributed by atoms with E-state index in [1.807, 2.05) is 36.4 Å². The average molecular weight is 588 g/mol. The van der Waals surface area contributed by atoms with E-state index in [-0.39, 0.29) is 36.3 Å². The number of nitrogens with zero attached hydrogens (tertiary/aromatic N) is 2. The second kappa shape index (κ2) is 13.4. The van der Waals surface area contributed by atoms with Crippen LogP contribution in [0.2, 0.25) is 10.0 Å². The highest BCUT2D eigenvalue weighted by Crippen LogP contribution is 2.41. The summed E-state index contributed by atoms with van der Waals surface area (Å²) in [6.45, 7) is 5.10. The van der Waals surface area contributed by atoms with Crippen LogP contribution in [0.4, 0.5) is 0 Å². The molecule has 3 unspecified atom stereocenters. The minimum Gasteiger partial charge on any atom is -0.497 e. The van der Waals surface area contributed by atoms with E-state index >= 15 is 0 Å². The van der Waals surface area contributed by atoms with Crippen molar-refractivity contribution in [1.29, 1.82) is 0 Å². The van der Waals surface area contributed by atoms with Crippen molar-refractivity contribution in [1.82, 2.24) is 9.80 Å². The normalized spacial score (nSPS) is 20.6. The Morgan fingerprint density at radius 2 is 1.67 bits per heavy atom. The van der Waals surface area contributed by atoms with E-state index in [9.17, 15) is 4.79 Å². The first-order valence-corrected chi connectivity index (χ1v) is 14.3. The molecule has 5 rings (SSSR count). The molecule has 0 aliphatic carbocycles. The van der Waals surface area contributed by atoms with Gasteiger partial charge >= 0.3 is 0 Å². The van der Waals surface area contributed by atoms with Crippen molar-refractivity contribution in [2.75, 3.05) is 26.7 Å². The number of hydrogen-bond donors (Lipinski definition) is 0. The summed E-state index contributed by atoms with van der Waals surface area (Å²) >= 11 is 12.6. The van der Waals surface area contributed by atoms with Crippen molar-refractivity contribution in [2.45, 2.75) is 50.6 Å². The lowest BCUT2D eigenvalue weighted by Crippen LogP contribution is -2.65. The molecular weight excluding hydrogens is 551 g/mol. The van der Waals surface area contributed by atoms with Crippen LogP contribution >= 0.6 is 35.6 Å². The molecule has 0 N–H and O–H groups in total. The summed E-state index contributed by atoms with van der Waals surface area (Å²) in [4.78, 5) is 18.2. The Bertz CT molecular complexity index is 1250. The lowest BCUT2D eigenvalue weighted by molar-refractivity contribution is -0.143. The molecule has 0 radical (unpaired) electrons. The van der Waals surface area contributed by atoms with Crippen LogP contribution in [0.15, 0.2) is 72.8 Å². The van der Waals surface area contributed by atoms with Crippen LogP contribution in [0.25, 0.3) is 0 Å². The molecular formula is C32H37Cl3N2O2. The van der Waals surface area contributed by atoms with Crippen molar-refractivity contribution in [3.63, 3.8) is 0 Å². The number of carbonyl (C=O) groups excluding carboxylic acids is 1. The summed E-state index contributed by atoms with van der Waals surface area (Å²) in [5, 5.41) is 1.13. The van der Waals surface area contributed by atoms with Gasteiger partial charge in [0, 0.05) is 18.5 Å². The molecule has 4 nitrogen and oxygen atoms in total. The Labute approximate surface area is 248 Å². The number of likely N-dealkylation sites (tertiary alicyclic amines) is 2. The van der Waals surface area contributed by atoms with Gasteiger partial charge in [-0.2, -0.15) is 0 Å². The third kappa shape index (κ3) is 6.92. The number of ether oxygens (including phenoxy) is 1. The zero-order chi connectivity index (χ0) is 26.6. The molecule has 2 heterocycles. The summed E-state index contributed by atoms with van der Waals surface area (Å²) in [7, 11) is 1.65. The maximum absolute atomic E-state index is 13.6. The van der Waals surface area contributed by atoms with Crippen LogP contribution in [0.5, 0.6) is 5.75 Å². The Kier molecular flexibility index (Phi) is 10.2. The minimum absolute atomic E-state index is 0. The topological polar surface area (TPSA) is 32.8 Å². The van der Waals surface area contributed by atoms with Crippen LogP contribution in [-0.4, -0.2) is 54.5 Å². The summed E-state index contributed by atoms with van der Waals surface area (Å²) in [6.07, 6.45) is 3.87. The van der Waals surface area contributed by atoms with Gasteiger partial charge < -0.3 is 9.64 Å². The average Bonchev–Trinajstić information content (AvgIpc) is 2.91. The standard InChI is InChI=1S/C32H36Cl2N2O2.ClH/c1-22(35-15-13-24(14-16-35)17-23-7-4-3-5-8-23)32-28(26-11-12-29(33)30(34)20-26)21-36(32)31(37)19-25-9-6-10-27(18-25)38-2;/h3-12,18,20,22,24,28,32H,13-17,19,21H2,1-2H3;1H. The van der Waals surface area contributed by atoms with Gasteiger partial charge in [-0.1, -0.05) is 71.7 Å². The lowest BCUT2D eigenvalue weighted by atomic mass is 9.77. The number of methoxy groups -OCH3 is 1. The van der Waals surface area contributed by atoms with Gasteiger partial charge in [-0.3, -0.25) is 9.69 Å². The molecule has 2 fully saturated rings. The second-order valence-electron chi connectivity index (χ2n) is 10.8. The highest BCUT2D eigenvalue weighted by atomic mass is 35.5. The Morgan fingerprint density at radius 3 is 2.36 bits per heavy atom. The molecule has 1 amide bonds. The van der Waals surface area contributed by atoms with E-state index in [1.165, 1.54) is 18.4 Å². The van der Waals surface area contributed by atoms with E-state index in [4.69, 9.17) is 27.9 Å². The first-order valence-electron chi connectivity index (χ1n) is 13.6. The molecule has 3 aromatic carbocycles. The molecule has 2 aliphatic rings. The Balaban J connectivity index is 0.00000353. The van der Waals surface area contributed by atoms with Gasteiger partial charge in [0.1, 0.15) is 5.75 Å². The molecule has 7 heteroatoms. The van der Waals surface area contributed by atoms with E-state index in [0.29, 0.717) is 28.9 Å². The van der Waals surface area contributed by atoms with Crippen molar-refractivity contribution >= 4 is 41.5 Å². The van der Waals surface area contributed by atoms with E-state index in [1.54, 1.807) is 7.11 Å². The molecule has 2 aliphatic heterocycles. The lowest BCUT2D eigenvalue weighted by Gasteiger charge is -2.54. The molecule has 208 valence electrons. The van der Waals surface area contributed by atoms with Crippen molar-refractivity contribution in [3.05, 3.63) is 99.5 Å². The number of rotatable bonds is 8. The first-order chi connectivity index (χ1) is 18.4. The van der Waals surface area contributed by atoms with Crippen molar-refractivity contribution in [3.8, 4) is 5.75 Å². The Morgan fingerprint density at radius 1 is 0.949 bits per heavy atom. The van der Waals surface area contributed by atoms with Crippen LogP contribution in [0.3, 0.4) is 0 Å². The van der Waals surface area contributed by atoms with Crippen LogP contribution in [0, 0.1) is 5.92 Å². The number of benzene rings is 3. The van der Waals surface area contributed by atoms with Crippen molar-refractivity contribution < 1.29 is 9.53 Å². The SMILES string of the molecule is COc1cccc(CC(=O)N2CC(c3ccc(Cl)c(Cl)c3)C2C(C)N2CCC(Cc3ccccc3)CC2)c1.Cl. The van der Waals surface area contributed by atoms with Crippen LogP contribution in [-0.2, 0) is 17.6 Å². The quantitative estimate of drug-likeness (QED) is 0.277. The number of amides is 1. The fraction of sp³-hybridized carbons (Fsp3) is 0.406. The summed E-state index contributed by atoms with van der Waals surface area (Å²) in [5.74, 6) is 1.87. The fourth-order valence-electron chi connectivity index (χ4n) is 6.22. The largest absolute Gasteiger partial charge is 0.497 e. The molecule has 0 bridgehead atoms. The predicted molar refractivity (Wildman–Crippen MR) is 163 cm³/mol. The smallest absolute Gasteiger partial charge is 0.227 e. The molecule has 3 aromatic rings. The van der Waals surface area contributed by atoms with Gasteiger partial charge in [-0.25, -0.2) is 0 Å². The highest BCUT2D eigenvalue weighted by Gasteiger charge is 2.47. The van der Waals surface area contributed by atoms with Crippen molar-refractivity contribution in [2.24, 2.45) is 5.92 Å². The van der Waals surface area contributed by atoms with Gasteiger partial charge in [-0.05, 0) is 86.1 Å². The number of piperidine rings is 1. The number of halogens is 3. The monoisotopic (exact) mass is 586 g/mol. The van der Waals surface area contributed by atoms with Gasteiger partial charge in [0.2, 0.25) is 5.91 Å². The van der Waals surface area contributed by atoms with Gasteiger partial charge in [0.05, 0.1) is 29.6 Å². The van der Waals surface area contributed by atoms with E-state index in [0.717, 1.165) is 36.4 Å². The van der Waals surface area contributed by atoms with Gasteiger partial charge in [-0.15, -0.1) is 12.4 Å². The maximum atomic E-state index is 13.6. The Hall–Kier alpha value is -2.24. The summed E-state index contributed by atoms with van der Waals surface area (Å²) < 4.78 is 5.36. The summed E-state index contributed by atoms with van der Waals surface area (Å²) in [6, 6.07) is 24.8. The predicted octanol–water partition coefficient (Wildman–Crippen LogP) is 7.30. The molecule has 39 heavy (non-hydrogen) atoms. The number of carbonyl (C=O) groups is 1. The zero-order valence-corrected chi connectivity index (χ0v) is 24.9.